The maximum Gasteiger partial charge on any atom is 0.324 e. The summed E-state index contributed by atoms with van der Waals surface area (Å²) >= 11 is 0. The first-order valence-corrected chi connectivity index (χ1v) is 12.1. The number of aliphatic hydroxyl groups excluding tert-OH is 1. The summed E-state index contributed by atoms with van der Waals surface area (Å²) in [5, 5.41) is 17.4. The number of aromatic nitrogens is 2. The molecule has 5 rings (SSSR count). The Hall–Kier alpha value is -2.85. The molecule has 10 heteroatoms. The third-order valence-electron chi connectivity index (χ3n) is 6.28. The Kier molecular flexibility index (Phi) is 5.42. The van der Waals surface area contributed by atoms with Gasteiger partial charge in [0.15, 0.2) is 0 Å². The Balaban J connectivity index is 1.39. The van der Waals surface area contributed by atoms with Crippen molar-refractivity contribution in [2.24, 2.45) is 11.0 Å². The Morgan fingerprint density at radius 2 is 2.06 bits per heavy atom. The number of fused-ring (bicyclic) bond motifs is 1. The summed E-state index contributed by atoms with van der Waals surface area (Å²) in [6, 6.07) is 7.58. The minimum absolute atomic E-state index is 0.00116. The van der Waals surface area contributed by atoms with Crippen LogP contribution in [0.3, 0.4) is 0 Å². The number of amides is 1. The predicted molar refractivity (Wildman–Crippen MR) is 119 cm³/mol. The Morgan fingerprint density at radius 3 is 2.72 bits per heavy atom. The molecule has 1 unspecified atom stereocenters. The summed E-state index contributed by atoms with van der Waals surface area (Å²) in [4.78, 5) is 21.1. The van der Waals surface area contributed by atoms with Crippen LogP contribution in [-0.2, 0) is 22.0 Å². The van der Waals surface area contributed by atoms with Crippen LogP contribution in [-0.4, -0.2) is 48.8 Å². The molecule has 32 heavy (non-hydrogen) atoms. The van der Waals surface area contributed by atoms with Crippen LogP contribution in [0.5, 0.6) is 11.8 Å². The molecule has 1 aromatic heterocycles. The molecule has 1 fully saturated rings. The molecule has 0 bridgehead atoms. The van der Waals surface area contributed by atoms with Crippen LogP contribution in [0.2, 0.25) is 0 Å². The lowest BCUT2D eigenvalue weighted by Crippen LogP contribution is -2.48. The Morgan fingerprint density at radius 1 is 1.28 bits per heavy atom. The fourth-order valence-electron chi connectivity index (χ4n) is 4.28. The molecule has 3 N–H and O–H groups in total. The smallest absolute Gasteiger partial charge is 0.324 e. The van der Waals surface area contributed by atoms with Gasteiger partial charge in [-0.2, -0.15) is 15.1 Å². The van der Waals surface area contributed by atoms with Gasteiger partial charge >= 0.3 is 6.01 Å². The normalized spacial score (nSPS) is 23.6. The highest BCUT2D eigenvalue weighted by molar-refractivity contribution is 7.85. The predicted octanol–water partition coefficient (Wildman–Crippen LogP) is 2.12. The van der Waals surface area contributed by atoms with Crippen LogP contribution in [0, 0.1) is 5.92 Å². The van der Waals surface area contributed by atoms with E-state index in [0.29, 0.717) is 35.1 Å². The highest BCUT2D eigenvalue weighted by Crippen LogP contribution is 2.38. The number of ether oxygens (including phenoxy) is 1. The Labute approximate surface area is 188 Å². The first-order chi connectivity index (χ1) is 15.5. The van der Waals surface area contributed by atoms with Gasteiger partial charge in [-0.15, -0.1) is 0 Å². The van der Waals surface area contributed by atoms with Crippen LogP contribution in [0.1, 0.15) is 43.9 Å². The number of anilines is 1. The molecule has 3 heterocycles. The van der Waals surface area contributed by atoms with Gasteiger partial charge in [0.05, 0.1) is 34.4 Å². The fraction of sp³-hybridized carbons (Fsp3) is 0.455. The summed E-state index contributed by atoms with van der Waals surface area (Å²) in [7, 11) is -1.16. The van der Waals surface area contributed by atoms with E-state index in [-0.39, 0.29) is 24.4 Å². The van der Waals surface area contributed by atoms with Crippen LogP contribution in [0.15, 0.2) is 34.3 Å². The molecule has 1 aromatic carbocycles. The number of carbonyl (C=O) groups excluding carboxylic acids is 1. The molecule has 9 nitrogen and oxygen atoms in total. The first-order valence-electron chi connectivity index (χ1n) is 10.8. The molecule has 0 saturated heterocycles. The van der Waals surface area contributed by atoms with E-state index in [1.54, 1.807) is 0 Å². The van der Waals surface area contributed by atoms with Crippen molar-refractivity contribution in [3.05, 3.63) is 35.5 Å². The Bertz CT molecular complexity index is 1110. The van der Waals surface area contributed by atoms with Gasteiger partial charge in [0.2, 0.25) is 5.91 Å². The van der Waals surface area contributed by atoms with Crippen LogP contribution >= 0.6 is 0 Å². The minimum atomic E-state index is -1.16. The topological polar surface area (TPSA) is 126 Å². The number of hydrogen-bond acceptors (Lipinski definition) is 8. The van der Waals surface area contributed by atoms with E-state index >= 15 is 0 Å². The fourth-order valence-corrected chi connectivity index (χ4v) is 5.59. The summed E-state index contributed by atoms with van der Waals surface area (Å²) < 4.78 is 18.5. The van der Waals surface area contributed by atoms with Gasteiger partial charge in [-0.3, -0.25) is 9.00 Å². The molecule has 1 amide bonds. The number of aryl methyl sites for hydroxylation is 1. The average molecular weight is 456 g/mol. The summed E-state index contributed by atoms with van der Waals surface area (Å²) in [6.07, 6.45) is 3.73. The molecule has 1 aliphatic carbocycles. The zero-order valence-corrected chi connectivity index (χ0v) is 18.6. The van der Waals surface area contributed by atoms with Crippen molar-refractivity contribution in [1.29, 1.82) is 0 Å². The number of benzene rings is 1. The van der Waals surface area contributed by atoms with Gasteiger partial charge in [-0.05, 0) is 49.1 Å². The first kappa shape index (κ1) is 21.0. The zero-order chi connectivity index (χ0) is 22.3. The summed E-state index contributed by atoms with van der Waals surface area (Å²) in [6.45, 7) is 1.97. The molecular weight excluding hydrogens is 430 g/mol. The second-order valence-corrected chi connectivity index (χ2v) is 10.1. The van der Waals surface area contributed by atoms with Gasteiger partial charge in [0.1, 0.15) is 16.5 Å². The van der Waals surface area contributed by atoms with Gasteiger partial charge in [-0.25, -0.2) is 5.43 Å². The number of nitrogens with one attached hydrogen (secondary N) is 2. The standard InChI is InChI=1S/C22H25N5O4S/c1-13-11-17(29)26-27-18(13)14-3-5-15(6-4-14)31-21-23-16-7-10-32(30)19(16)20(24-21)25-22(12-28)8-2-9-22/h3-6,13,28H,2,7-12H2,1H3,(H,26,29)(H,23,24,25)/t13-,32?/m1/s1. The molecule has 1 saturated carbocycles. The maximum absolute atomic E-state index is 12.5. The number of carbonyl (C=O) groups is 1. The van der Waals surface area contributed by atoms with E-state index in [9.17, 15) is 14.1 Å². The molecule has 2 aliphatic heterocycles. The van der Waals surface area contributed by atoms with Crippen molar-refractivity contribution >= 4 is 28.2 Å². The largest absolute Gasteiger partial charge is 0.424 e. The number of aliphatic hydroxyl groups is 1. The lowest BCUT2D eigenvalue weighted by atomic mass is 9.77. The third kappa shape index (κ3) is 3.88. The van der Waals surface area contributed by atoms with E-state index < -0.39 is 16.3 Å². The zero-order valence-electron chi connectivity index (χ0n) is 17.8. The molecule has 0 spiro atoms. The van der Waals surface area contributed by atoms with Gasteiger partial charge < -0.3 is 15.2 Å². The van der Waals surface area contributed by atoms with Crippen molar-refractivity contribution < 1.29 is 18.8 Å². The molecule has 3 aliphatic rings. The molecular formula is C22H25N5O4S. The van der Waals surface area contributed by atoms with E-state index in [1.165, 1.54) is 0 Å². The lowest BCUT2D eigenvalue weighted by Gasteiger charge is -2.41. The van der Waals surface area contributed by atoms with Crippen LogP contribution in [0.25, 0.3) is 0 Å². The third-order valence-corrected chi connectivity index (χ3v) is 7.74. The van der Waals surface area contributed by atoms with Crippen molar-refractivity contribution in [1.82, 2.24) is 15.4 Å². The van der Waals surface area contributed by atoms with Gasteiger partial charge in [0, 0.05) is 24.5 Å². The van der Waals surface area contributed by atoms with Gasteiger partial charge in [0.25, 0.3) is 0 Å². The highest BCUT2D eigenvalue weighted by atomic mass is 32.2. The molecule has 2 aromatic rings. The van der Waals surface area contributed by atoms with Crippen molar-refractivity contribution in [2.75, 3.05) is 17.7 Å². The van der Waals surface area contributed by atoms with E-state index in [0.717, 1.165) is 36.2 Å². The van der Waals surface area contributed by atoms with E-state index in [4.69, 9.17) is 4.74 Å². The number of hydrogen-bond donors (Lipinski definition) is 3. The number of nitrogens with zero attached hydrogens (tertiary/aromatic N) is 3. The molecule has 168 valence electrons. The summed E-state index contributed by atoms with van der Waals surface area (Å²) in [5.74, 6) is 1.53. The minimum Gasteiger partial charge on any atom is -0.424 e. The number of hydrazone groups is 1. The summed E-state index contributed by atoms with van der Waals surface area (Å²) in [5.41, 5.74) is 4.57. The van der Waals surface area contributed by atoms with Crippen molar-refractivity contribution in [3.63, 3.8) is 0 Å². The molecule has 0 radical (unpaired) electrons. The average Bonchev–Trinajstić information content (AvgIpc) is 3.12. The van der Waals surface area contributed by atoms with Gasteiger partial charge in [-0.1, -0.05) is 6.92 Å². The lowest BCUT2D eigenvalue weighted by molar-refractivity contribution is -0.121. The van der Waals surface area contributed by atoms with Crippen molar-refractivity contribution in [2.45, 2.75) is 49.5 Å². The quantitative estimate of drug-likeness (QED) is 0.609. The number of rotatable bonds is 6. The highest BCUT2D eigenvalue weighted by Gasteiger charge is 2.39. The van der Waals surface area contributed by atoms with Crippen LogP contribution < -0.4 is 15.5 Å². The monoisotopic (exact) mass is 455 g/mol. The maximum atomic E-state index is 12.5. The van der Waals surface area contributed by atoms with Crippen molar-refractivity contribution in [3.8, 4) is 11.8 Å². The van der Waals surface area contributed by atoms with E-state index in [2.05, 4.69) is 25.8 Å². The second kappa shape index (κ2) is 8.25. The SMILES string of the molecule is C[C@@H]1CC(=O)NN=C1c1ccc(Oc2nc3c(c(NC4(CO)CCC4)n2)S(=O)CC3)cc1. The van der Waals surface area contributed by atoms with E-state index in [1.807, 2.05) is 31.2 Å². The molecule has 2 atom stereocenters. The second-order valence-electron chi connectivity index (χ2n) is 8.61. The van der Waals surface area contributed by atoms with Crippen LogP contribution in [0.4, 0.5) is 5.82 Å².